The van der Waals surface area contributed by atoms with E-state index in [1.165, 1.54) is 40.3 Å². The van der Waals surface area contributed by atoms with Crippen molar-refractivity contribution in [2.75, 3.05) is 13.1 Å². The van der Waals surface area contributed by atoms with Gasteiger partial charge in [0.1, 0.15) is 0 Å². The highest BCUT2D eigenvalue weighted by Crippen LogP contribution is 2.69. The van der Waals surface area contributed by atoms with Crippen LogP contribution >= 0.6 is 0 Å². The van der Waals surface area contributed by atoms with Gasteiger partial charge in [0, 0.05) is 36.9 Å². The molecule has 0 unspecified atom stereocenters. The van der Waals surface area contributed by atoms with Crippen molar-refractivity contribution in [3.05, 3.63) is 77.7 Å². The summed E-state index contributed by atoms with van der Waals surface area (Å²) in [7, 11) is 0. The zero-order chi connectivity index (χ0) is 25.0. The maximum absolute atomic E-state index is 10.2. The van der Waals surface area contributed by atoms with Gasteiger partial charge in [-0.25, -0.2) is 0 Å². The first-order valence-corrected chi connectivity index (χ1v) is 14.2. The number of allylic oxidation sites excluding steroid dienone is 1. The molecule has 2 aromatic rings. The average Bonchev–Trinajstić information content (AvgIpc) is 3.54. The zero-order valence-corrected chi connectivity index (χ0v) is 21.5. The topological polar surface area (TPSA) is 65.8 Å². The van der Waals surface area contributed by atoms with Crippen LogP contribution in [-0.4, -0.2) is 62.6 Å². The Labute approximate surface area is 218 Å². The second kappa shape index (κ2) is 7.63. The van der Waals surface area contributed by atoms with Crippen LogP contribution < -0.4 is 0 Å². The molecule has 2 saturated heterocycles. The number of rotatable bonds is 2. The minimum Gasteiger partial charge on any atom is -0.389 e. The van der Waals surface area contributed by atoms with E-state index in [0.717, 1.165) is 25.7 Å². The van der Waals surface area contributed by atoms with E-state index in [4.69, 9.17) is 4.74 Å². The Balaban J connectivity index is 1.14. The summed E-state index contributed by atoms with van der Waals surface area (Å²) in [6, 6.07) is 9.29. The van der Waals surface area contributed by atoms with Gasteiger partial charge < -0.3 is 14.9 Å². The van der Waals surface area contributed by atoms with Crippen LogP contribution in [0.3, 0.4) is 0 Å². The van der Waals surface area contributed by atoms with Crippen molar-refractivity contribution >= 4 is 10.8 Å². The number of hydrogen-bond donors (Lipinski definition) is 2. The fraction of sp³-hybridized carbons (Fsp3) is 0.531. The number of aliphatic hydroxyl groups is 2. The van der Waals surface area contributed by atoms with E-state index >= 15 is 0 Å². The number of aliphatic hydroxyl groups excluding tert-OH is 2. The molecule has 1 aromatic heterocycles. The highest BCUT2D eigenvalue weighted by Gasteiger charge is 2.66. The van der Waals surface area contributed by atoms with Crippen LogP contribution in [0.4, 0.5) is 0 Å². The summed E-state index contributed by atoms with van der Waals surface area (Å²) >= 11 is 0. The molecule has 2 N–H and O–H groups in total. The number of ether oxygens (including phenoxy) is 1. The summed E-state index contributed by atoms with van der Waals surface area (Å²) in [5, 5.41) is 22.8. The number of benzene rings is 1. The number of nitrogens with zero attached hydrogens (tertiary/aromatic N) is 2. The Morgan fingerprint density at radius 1 is 1.03 bits per heavy atom. The van der Waals surface area contributed by atoms with Crippen LogP contribution in [0, 0.1) is 11.3 Å². The Morgan fingerprint density at radius 3 is 2.76 bits per heavy atom. The third-order valence-electron chi connectivity index (χ3n) is 11.1. The number of aromatic nitrogens is 1. The molecule has 5 heteroatoms. The number of hydrogen-bond acceptors (Lipinski definition) is 5. The van der Waals surface area contributed by atoms with Gasteiger partial charge in [-0.05, 0) is 90.0 Å². The largest absolute Gasteiger partial charge is 0.389 e. The summed E-state index contributed by atoms with van der Waals surface area (Å²) < 4.78 is 7.41. The SMILES string of the molecule is C[C@]12CC=C3C=C4C=C[C@@H](N5C[C@@H](O)[C@@H](O)C5)C[C@]45CC[C@]3(O5)[C@@H]1CC[C@@H]2c1ccc2ccncc2c1. The zero-order valence-electron chi connectivity index (χ0n) is 21.5. The molecular weight excluding hydrogens is 460 g/mol. The summed E-state index contributed by atoms with van der Waals surface area (Å²) in [6.07, 6.45) is 18.6. The highest BCUT2D eigenvalue weighted by molar-refractivity contribution is 5.82. The quantitative estimate of drug-likeness (QED) is 0.633. The maximum atomic E-state index is 10.2. The molecule has 0 radical (unpaired) electrons. The van der Waals surface area contributed by atoms with Gasteiger partial charge in [0.2, 0.25) is 0 Å². The lowest BCUT2D eigenvalue weighted by molar-refractivity contribution is -0.132. The molecule has 1 aromatic carbocycles. The summed E-state index contributed by atoms with van der Waals surface area (Å²) in [6.45, 7) is 3.59. The first-order valence-electron chi connectivity index (χ1n) is 14.2. The fourth-order valence-corrected chi connectivity index (χ4v) is 9.23. The van der Waals surface area contributed by atoms with Crippen LogP contribution in [0.15, 0.2) is 72.1 Å². The molecule has 3 fully saturated rings. The molecule has 37 heavy (non-hydrogen) atoms. The van der Waals surface area contributed by atoms with E-state index in [9.17, 15) is 10.2 Å². The molecule has 3 aliphatic heterocycles. The van der Waals surface area contributed by atoms with Gasteiger partial charge >= 0.3 is 0 Å². The lowest BCUT2D eigenvalue weighted by atomic mass is 9.58. The lowest BCUT2D eigenvalue weighted by Gasteiger charge is -2.54. The Hall–Kier alpha value is -2.31. The first-order chi connectivity index (χ1) is 17.9. The first kappa shape index (κ1) is 22.7. The van der Waals surface area contributed by atoms with E-state index < -0.39 is 12.2 Å². The predicted molar refractivity (Wildman–Crippen MR) is 143 cm³/mol. The fourth-order valence-electron chi connectivity index (χ4n) is 9.23. The van der Waals surface area contributed by atoms with Crippen LogP contribution in [0.2, 0.25) is 0 Å². The monoisotopic (exact) mass is 496 g/mol. The van der Waals surface area contributed by atoms with Crippen molar-refractivity contribution in [2.24, 2.45) is 11.3 Å². The van der Waals surface area contributed by atoms with Crippen molar-refractivity contribution in [1.29, 1.82) is 0 Å². The van der Waals surface area contributed by atoms with Crippen LogP contribution in [0.1, 0.15) is 56.9 Å². The standard InChI is InChI=1S/C32H36N2O3/c1-30-10-8-24-15-23-4-5-25(34-18-27(35)28(36)19-34)16-31(23)11-12-32(24,37-31)29(30)7-6-26(30)21-3-2-20-9-13-33-17-22(20)14-21/h2-5,8-9,13-15,17,25-29,35-36H,6-7,10-12,16,18-19H2,1H3/t25-,26-,27-,28+,29-,30-,31-,32-/m1/s1. The third kappa shape index (κ3) is 3.03. The number of β-amino-alcohol motifs (C(OH)–C–C–N with tert-alkyl or cyclic N) is 2. The number of likely N-dealkylation sites (tertiary alicyclic amines) is 1. The second-order valence-corrected chi connectivity index (χ2v) is 12.8. The lowest BCUT2D eigenvalue weighted by Crippen LogP contribution is -2.54. The summed E-state index contributed by atoms with van der Waals surface area (Å²) in [4.78, 5) is 6.61. The van der Waals surface area contributed by atoms with E-state index in [1.54, 1.807) is 0 Å². The Kier molecular flexibility index (Phi) is 4.67. The normalized spacial score (nSPS) is 44.4. The van der Waals surface area contributed by atoms with E-state index in [1.807, 2.05) is 12.4 Å². The van der Waals surface area contributed by atoms with Gasteiger partial charge in [-0.1, -0.05) is 43.4 Å². The number of pyridine rings is 1. The molecule has 192 valence electrons. The average molecular weight is 497 g/mol. The van der Waals surface area contributed by atoms with Crippen molar-refractivity contribution in [3.8, 4) is 0 Å². The van der Waals surface area contributed by atoms with Crippen molar-refractivity contribution in [1.82, 2.24) is 9.88 Å². The van der Waals surface area contributed by atoms with Gasteiger partial charge in [-0.2, -0.15) is 0 Å². The minimum atomic E-state index is -0.653. The second-order valence-electron chi connectivity index (χ2n) is 12.8. The molecule has 8 atom stereocenters. The molecule has 8 rings (SSSR count). The molecular formula is C32H36N2O3. The molecule has 3 aliphatic carbocycles. The Morgan fingerprint density at radius 2 is 1.89 bits per heavy atom. The van der Waals surface area contributed by atoms with Crippen LogP contribution in [-0.2, 0) is 4.74 Å². The smallest absolute Gasteiger partial charge is 0.0975 e. The minimum absolute atomic E-state index is 0.170. The maximum Gasteiger partial charge on any atom is 0.0975 e. The van der Waals surface area contributed by atoms with Gasteiger partial charge in [0.25, 0.3) is 0 Å². The van der Waals surface area contributed by atoms with Gasteiger partial charge in [0.15, 0.2) is 0 Å². The summed E-state index contributed by atoms with van der Waals surface area (Å²) in [5.74, 6) is 1.03. The van der Waals surface area contributed by atoms with Gasteiger partial charge in [-0.3, -0.25) is 9.88 Å². The Bertz CT molecular complexity index is 1370. The number of fused-ring (bicyclic) bond motifs is 2. The van der Waals surface area contributed by atoms with Crippen LogP contribution in [0.25, 0.3) is 10.8 Å². The predicted octanol–water partition coefficient (Wildman–Crippen LogP) is 4.66. The van der Waals surface area contributed by atoms with Crippen LogP contribution in [0.5, 0.6) is 0 Å². The molecule has 2 spiro atoms. The van der Waals surface area contributed by atoms with Crippen molar-refractivity contribution in [2.45, 2.75) is 80.8 Å². The van der Waals surface area contributed by atoms with E-state index in [0.29, 0.717) is 24.9 Å². The molecule has 0 amide bonds. The molecule has 2 bridgehead atoms. The van der Waals surface area contributed by atoms with E-state index in [-0.39, 0.29) is 22.7 Å². The van der Waals surface area contributed by atoms with E-state index in [2.05, 4.69) is 65.4 Å². The molecule has 5 nitrogen and oxygen atoms in total. The third-order valence-corrected chi connectivity index (χ3v) is 11.1. The molecule has 1 saturated carbocycles. The van der Waals surface area contributed by atoms with Crippen molar-refractivity contribution in [3.63, 3.8) is 0 Å². The molecule has 6 aliphatic rings. The van der Waals surface area contributed by atoms with Gasteiger partial charge in [0.05, 0.1) is 23.4 Å². The van der Waals surface area contributed by atoms with Gasteiger partial charge in [-0.15, -0.1) is 0 Å². The molecule has 4 heterocycles. The van der Waals surface area contributed by atoms with Crippen molar-refractivity contribution < 1.29 is 14.9 Å². The highest BCUT2D eigenvalue weighted by atomic mass is 16.5. The summed E-state index contributed by atoms with van der Waals surface area (Å²) in [5.41, 5.74) is 3.91.